The normalized spacial score (nSPS) is 24.7. The molecule has 72 heavy (non-hydrogen) atoms. The molecular formula is C67H110N2O3. The van der Waals surface area contributed by atoms with Gasteiger partial charge in [-0.15, -0.1) is 26.0 Å². The Morgan fingerprint density at radius 3 is 2.17 bits per heavy atom. The molecule has 1 aliphatic heterocycles. The fourth-order valence-electron chi connectivity index (χ4n) is 11.3. The lowest BCUT2D eigenvalue weighted by Crippen LogP contribution is -2.41. The first-order valence-electron chi connectivity index (χ1n) is 28.4. The maximum absolute atomic E-state index is 11.4. The Kier molecular flexibility index (Phi) is 38.2. The number of hydrogen-bond acceptors (Lipinski definition) is 5. The first kappa shape index (κ1) is 68.1. The minimum atomic E-state index is -0.0731. The summed E-state index contributed by atoms with van der Waals surface area (Å²) in [4.78, 5) is 18.7. The predicted molar refractivity (Wildman–Crippen MR) is 319 cm³/mol. The van der Waals surface area contributed by atoms with Gasteiger partial charge in [-0.05, 0) is 150 Å². The number of allylic oxidation sites excluding steroid dienone is 8. The number of nitrogens with zero attached hydrogens (tertiary/aromatic N) is 2. The summed E-state index contributed by atoms with van der Waals surface area (Å²) in [6.07, 6.45) is 45.3. The van der Waals surface area contributed by atoms with Gasteiger partial charge in [0.2, 0.25) is 0 Å². The number of aliphatic imine (C=N–C) groups is 1. The molecule has 0 radical (unpaired) electrons. The number of rotatable bonds is 25. The molecule has 0 amide bonds. The summed E-state index contributed by atoms with van der Waals surface area (Å²) < 4.78 is 5.89. The van der Waals surface area contributed by atoms with Crippen LogP contribution in [0.15, 0.2) is 121 Å². The number of aliphatic hydroxyl groups excluding tert-OH is 1. The van der Waals surface area contributed by atoms with E-state index >= 15 is 0 Å². The number of ether oxygens (including phenoxy) is 1. The number of terminal acetylenes is 1. The van der Waals surface area contributed by atoms with Gasteiger partial charge >= 0.3 is 0 Å². The topological polar surface area (TPSA) is 62.1 Å². The summed E-state index contributed by atoms with van der Waals surface area (Å²) in [5, 5.41) is 9.95. The lowest BCUT2D eigenvalue weighted by Gasteiger charge is -2.42. The average molecular weight is 992 g/mol. The zero-order chi connectivity index (χ0) is 54.6. The molecule has 0 bridgehead atoms. The van der Waals surface area contributed by atoms with Crippen LogP contribution in [0.1, 0.15) is 198 Å². The highest BCUT2D eigenvalue weighted by molar-refractivity contribution is 5.88. The molecule has 5 heteroatoms. The molecule has 406 valence electrons. The Morgan fingerprint density at radius 1 is 0.889 bits per heavy atom. The molecule has 0 aromatic carbocycles. The zero-order valence-electron chi connectivity index (χ0n) is 48.5. The summed E-state index contributed by atoms with van der Waals surface area (Å²) in [7, 11) is 1.80. The minimum absolute atomic E-state index is 0.0543. The maximum atomic E-state index is 11.4. The van der Waals surface area contributed by atoms with Crippen LogP contribution < -0.4 is 0 Å². The van der Waals surface area contributed by atoms with Crippen molar-refractivity contribution in [1.29, 1.82) is 0 Å². The smallest absolute Gasteiger partial charge is 0.125 e. The molecule has 3 aliphatic rings. The molecule has 11 unspecified atom stereocenters. The third-order valence-electron chi connectivity index (χ3n) is 15.7. The molecule has 11 atom stereocenters. The number of aliphatic hydroxyl groups is 1. The predicted octanol–water partition coefficient (Wildman–Crippen LogP) is 18.0. The van der Waals surface area contributed by atoms with Crippen LogP contribution in [-0.4, -0.2) is 60.1 Å². The summed E-state index contributed by atoms with van der Waals surface area (Å²) in [5.74, 6) is 6.25. The SMILES string of the molecule is C#C.C=C/C=C/C=C(\C)C1CCCCC(C)C(C(=C)C(=C)N2CCCCC2C(C)=C=O)C(C)C1.C=CCCN=C(CCCCC1CCCC(O)C1)C(C)/C=C(\C)C(CC(=C)C(C)CC(C)C=C)OC.CCC. The molecule has 5 nitrogen and oxygen atoms in total. The summed E-state index contributed by atoms with van der Waals surface area (Å²) in [5.41, 5.74) is 8.29. The second-order valence-corrected chi connectivity index (χ2v) is 21.9. The van der Waals surface area contributed by atoms with Gasteiger partial charge in [-0.3, -0.25) is 4.99 Å². The highest BCUT2D eigenvalue weighted by Gasteiger charge is 2.34. The van der Waals surface area contributed by atoms with E-state index in [-0.39, 0.29) is 18.2 Å². The number of carbonyl (C=O) groups excluding carboxylic acids is 1. The fourth-order valence-corrected chi connectivity index (χ4v) is 11.3. The Bertz CT molecular complexity index is 1780. The number of unbranched alkanes of at least 4 members (excludes halogenated alkanes) is 1. The molecule has 2 aliphatic carbocycles. The Labute approximate surface area is 446 Å². The van der Waals surface area contributed by atoms with E-state index in [0.717, 1.165) is 82.1 Å². The molecule has 1 N–H and O–H groups in total. The van der Waals surface area contributed by atoms with Crippen LogP contribution in [0.4, 0.5) is 0 Å². The van der Waals surface area contributed by atoms with E-state index in [1.54, 1.807) is 7.11 Å². The number of likely N-dealkylation sites (tertiary alicyclic amines) is 1. The van der Waals surface area contributed by atoms with Crippen LogP contribution in [-0.2, 0) is 9.53 Å². The standard InChI is InChI=1S/C32H55NO2.C30H45NO.C3H8.C2H2/c1-9-11-19-33-31(18-13-12-15-29-16-14-17-30(34)23-29)27(6)21-28(7)32(35-8)22-26(5)25(4)20-24(3)10-2;1-8-9-10-15-22(2)28-17-12-11-16-23(3)30(24(4)20-28)26(6)27(7)31-19-14-13-18-29(31)25(5)21-32;1-3-2;1-2/h9-10,21,24-25,27,29-30,32,34H,1-2,5,11-20,22-23H2,3-4,6-8H3;8-10,15,23-24,28-30H,1,6-7,11-14,16-20H2,2-5H3;3H2,1-2H3;1-2H/b28-21+,33-31?;10-9+,22-15+;;. The summed E-state index contributed by atoms with van der Waals surface area (Å²) >= 11 is 0. The monoisotopic (exact) mass is 991 g/mol. The first-order valence-corrected chi connectivity index (χ1v) is 28.4. The van der Waals surface area contributed by atoms with Crippen molar-refractivity contribution in [3.8, 4) is 12.8 Å². The summed E-state index contributed by atoms with van der Waals surface area (Å²) in [6.45, 7) is 49.0. The van der Waals surface area contributed by atoms with E-state index in [9.17, 15) is 9.90 Å². The van der Waals surface area contributed by atoms with Crippen molar-refractivity contribution < 1.29 is 14.6 Å². The highest BCUT2D eigenvalue weighted by atomic mass is 16.5. The van der Waals surface area contributed by atoms with Crippen LogP contribution in [0.25, 0.3) is 0 Å². The van der Waals surface area contributed by atoms with Crippen molar-refractivity contribution in [2.75, 3.05) is 20.2 Å². The van der Waals surface area contributed by atoms with Crippen LogP contribution in [0.3, 0.4) is 0 Å². The van der Waals surface area contributed by atoms with Crippen molar-refractivity contribution in [1.82, 2.24) is 4.90 Å². The van der Waals surface area contributed by atoms with E-state index in [1.165, 1.54) is 98.6 Å². The molecule has 2 saturated carbocycles. The third kappa shape index (κ3) is 26.3. The van der Waals surface area contributed by atoms with E-state index in [2.05, 4.69) is 144 Å². The van der Waals surface area contributed by atoms with E-state index in [4.69, 9.17) is 9.73 Å². The van der Waals surface area contributed by atoms with Gasteiger partial charge in [0.1, 0.15) is 5.94 Å². The first-order chi connectivity index (χ1) is 34.4. The molecule has 1 heterocycles. The van der Waals surface area contributed by atoms with Gasteiger partial charge in [-0.25, -0.2) is 4.79 Å². The van der Waals surface area contributed by atoms with Crippen molar-refractivity contribution in [3.05, 3.63) is 116 Å². The molecular weight excluding hydrogens is 881 g/mol. The second-order valence-electron chi connectivity index (χ2n) is 21.9. The molecule has 1 saturated heterocycles. The van der Waals surface area contributed by atoms with Gasteiger partial charge in [-0.2, -0.15) is 0 Å². The van der Waals surface area contributed by atoms with Crippen molar-refractivity contribution in [2.45, 2.75) is 216 Å². The zero-order valence-corrected chi connectivity index (χ0v) is 48.5. The van der Waals surface area contributed by atoms with Crippen molar-refractivity contribution in [2.24, 2.45) is 52.3 Å². The Hall–Kier alpha value is -3.94. The number of piperidine rings is 1. The van der Waals surface area contributed by atoms with E-state index < -0.39 is 0 Å². The maximum Gasteiger partial charge on any atom is 0.125 e. The average Bonchev–Trinajstić information content (AvgIpc) is 3.44. The molecule has 3 rings (SSSR count). The van der Waals surface area contributed by atoms with Gasteiger partial charge in [0, 0.05) is 43.1 Å². The van der Waals surface area contributed by atoms with Crippen molar-refractivity contribution >= 4 is 11.7 Å². The second kappa shape index (κ2) is 40.4. The van der Waals surface area contributed by atoms with E-state index in [1.807, 2.05) is 31.2 Å². The highest BCUT2D eigenvalue weighted by Crippen LogP contribution is 2.43. The lowest BCUT2D eigenvalue weighted by atomic mass is 9.72. The third-order valence-corrected chi connectivity index (χ3v) is 15.7. The molecule has 0 aromatic heterocycles. The van der Waals surface area contributed by atoms with Gasteiger partial charge in [0.05, 0.1) is 18.2 Å². The van der Waals surface area contributed by atoms with Crippen LogP contribution in [0, 0.1) is 60.2 Å². The minimum Gasteiger partial charge on any atom is -0.393 e. The molecule has 0 spiro atoms. The number of hydrogen-bond donors (Lipinski definition) is 1. The largest absolute Gasteiger partial charge is 0.393 e. The van der Waals surface area contributed by atoms with Gasteiger partial charge in [-0.1, -0.05) is 180 Å². The van der Waals surface area contributed by atoms with Crippen LogP contribution >= 0.6 is 0 Å². The van der Waals surface area contributed by atoms with Crippen LogP contribution in [0.2, 0.25) is 0 Å². The van der Waals surface area contributed by atoms with Gasteiger partial charge in [0.25, 0.3) is 0 Å². The Balaban J connectivity index is 0.00000129. The quantitative estimate of drug-likeness (QED) is 0.0247. The van der Waals surface area contributed by atoms with Crippen LogP contribution in [0.5, 0.6) is 0 Å². The number of methoxy groups -OCH3 is 1. The van der Waals surface area contributed by atoms with E-state index in [0.29, 0.717) is 47.3 Å². The summed E-state index contributed by atoms with van der Waals surface area (Å²) in [6, 6.07) is 0.127. The molecule has 0 aromatic rings. The fraction of sp³-hybridized carbons (Fsp3) is 0.657. The van der Waals surface area contributed by atoms with Crippen molar-refractivity contribution in [3.63, 3.8) is 0 Å². The van der Waals surface area contributed by atoms with Gasteiger partial charge < -0.3 is 14.7 Å². The van der Waals surface area contributed by atoms with Gasteiger partial charge in [0.15, 0.2) is 0 Å². The lowest BCUT2D eigenvalue weighted by molar-refractivity contribution is 0.0975. The molecule has 3 fully saturated rings. The Morgan fingerprint density at radius 2 is 1.56 bits per heavy atom.